The highest BCUT2D eigenvalue weighted by Crippen LogP contribution is 2.26. The van der Waals surface area contributed by atoms with E-state index in [1.165, 1.54) is 11.3 Å². The van der Waals surface area contributed by atoms with Gasteiger partial charge < -0.3 is 5.11 Å². The van der Waals surface area contributed by atoms with E-state index >= 15 is 0 Å². The molecule has 0 radical (unpaired) electrons. The van der Waals surface area contributed by atoms with Crippen molar-refractivity contribution >= 4 is 11.3 Å². The minimum Gasteiger partial charge on any atom is -0.391 e. The van der Waals surface area contributed by atoms with Gasteiger partial charge in [-0.3, -0.25) is 9.97 Å². The van der Waals surface area contributed by atoms with Crippen molar-refractivity contribution in [1.29, 1.82) is 0 Å². The predicted octanol–water partition coefficient (Wildman–Crippen LogP) is 1.65. The van der Waals surface area contributed by atoms with Crippen LogP contribution in [0, 0.1) is 0 Å². The Morgan fingerprint density at radius 1 is 1.40 bits per heavy atom. The van der Waals surface area contributed by atoms with Gasteiger partial charge in [-0.25, -0.2) is 4.98 Å². The van der Waals surface area contributed by atoms with Crippen molar-refractivity contribution in [1.82, 2.24) is 15.0 Å². The molecule has 0 aliphatic rings. The van der Waals surface area contributed by atoms with E-state index in [0.717, 1.165) is 27.7 Å². The van der Waals surface area contributed by atoms with Gasteiger partial charge in [-0.1, -0.05) is 6.92 Å². The second kappa shape index (κ2) is 4.46. The Labute approximate surface area is 91.7 Å². The molecule has 15 heavy (non-hydrogen) atoms. The Hall–Kier alpha value is -1.33. The molecule has 0 aromatic carbocycles. The van der Waals surface area contributed by atoms with Crippen LogP contribution in [0.4, 0.5) is 0 Å². The van der Waals surface area contributed by atoms with Crippen molar-refractivity contribution in [3.05, 3.63) is 29.2 Å². The lowest BCUT2D eigenvalue weighted by Crippen LogP contribution is -1.87. The maximum absolute atomic E-state index is 9.14. The van der Waals surface area contributed by atoms with E-state index in [1.54, 1.807) is 18.6 Å². The first kappa shape index (κ1) is 10.2. The second-order valence-corrected chi connectivity index (χ2v) is 4.07. The fourth-order valence-corrected chi connectivity index (χ4v) is 2.27. The van der Waals surface area contributed by atoms with Crippen LogP contribution in [-0.4, -0.2) is 20.1 Å². The first-order valence-electron chi connectivity index (χ1n) is 4.71. The summed E-state index contributed by atoms with van der Waals surface area (Å²) in [6.07, 6.45) is 5.78. The number of aromatic nitrogens is 3. The molecule has 0 aliphatic heterocycles. The molecule has 5 heteroatoms. The lowest BCUT2D eigenvalue weighted by molar-refractivity contribution is 0.284. The maximum Gasteiger partial charge on any atom is 0.144 e. The number of rotatable bonds is 3. The summed E-state index contributed by atoms with van der Waals surface area (Å²) in [4.78, 5) is 13.5. The van der Waals surface area contributed by atoms with Crippen molar-refractivity contribution in [3.63, 3.8) is 0 Å². The number of thiazole rings is 1. The highest BCUT2D eigenvalue weighted by atomic mass is 32.1. The average molecular weight is 221 g/mol. The third-order valence-electron chi connectivity index (χ3n) is 2.04. The summed E-state index contributed by atoms with van der Waals surface area (Å²) in [6, 6.07) is 0. The number of aliphatic hydroxyl groups excluding tert-OH is 1. The zero-order chi connectivity index (χ0) is 10.7. The number of aryl methyl sites for hydroxylation is 1. The molecular weight excluding hydrogens is 210 g/mol. The van der Waals surface area contributed by atoms with Crippen LogP contribution in [0.1, 0.15) is 17.5 Å². The zero-order valence-corrected chi connectivity index (χ0v) is 9.16. The van der Waals surface area contributed by atoms with E-state index in [1.807, 2.05) is 6.92 Å². The number of hydrogen-bond acceptors (Lipinski definition) is 5. The molecule has 0 amide bonds. The van der Waals surface area contributed by atoms with Crippen molar-refractivity contribution in [2.24, 2.45) is 0 Å². The summed E-state index contributed by atoms with van der Waals surface area (Å²) in [7, 11) is 0. The molecule has 4 nitrogen and oxygen atoms in total. The summed E-state index contributed by atoms with van der Waals surface area (Å²) < 4.78 is 0. The van der Waals surface area contributed by atoms with Gasteiger partial charge in [0.25, 0.3) is 0 Å². The van der Waals surface area contributed by atoms with Gasteiger partial charge in [-0.2, -0.15) is 0 Å². The molecule has 2 aromatic rings. The highest BCUT2D eigenvalue weighted by Gasteiger charge is 2.10. The normalized spacial score (nSPS) is 10.5. The van der Waals surface area contributed by atoms with Gasteiger partial charge >= 0.3 is 0 Å². The van der Waals surface area contributed by atoms with Gasteiger partial charge in [-0.05, 0) is 6.42 Å². The van der Waals surface area contributed by atoms with Crippen LogP contribution >= 0.6 is 11.3 Å². The van der Waals surface area contributed by atoms with Crippen LogP contribution < -0.4 is 0 Å². The molecule has 0 saturated carbocycles. The number of hydrogen-bond donors (Lipinski definition) is 1. The summed E-state index contributed by atoms with van der Waals surface area (Å²) in [5.41, 5.74) is 1.71. The van der Waals surface area contributed by atoms with Gasteiger partial charge in [0.05, 0.1) is 23.4 Å². The Kier molecular flexibility index (Phi) is 3.03. The van der Waals surface area contributed by atoms with Gasteiger partial charge in [0.15, 0.2) is 0 Å². The molecule has 0 bridgehead atoms. The van der Waals surface area contributed by atoms with Gasteiger partial charge in [0.2, 0.25) is 0 Å². The fourth-order valence-electron chi connectivity index (χ4n) is 1.30. The molecule has 0 fully saturated rings. The summed E-state index contributed by atoms with van der Waals surface area (Å²) in [5, 5.41) is 9.97. The quantitative estimate of drug-likeness (QED) is 0.856. The molecule has 1 N–H and O–H groups in total. The molecule has 2 rings (SSSR count). The minimum absolute atomic E-state index is 0.0428. The van der Waals surface area contributed by atoms with Gasteiger partial charge in [-0.15, -0.1) is 11.3 Å². The van der Waals surface area contributed by atoms with E-state index in [4.69, 9.17) is 5.11 Å². The van der Waals surface area contributed by atoms with Crippen LogP contribution in [0.25, 0.3) is 10.7 Å². The Morgan fingerprint density at radius 3 is 2.80 bits per heavy atom. The van der Waals surface area contributed by atoms with E-state index in [2.05, 4.69) is 15.0 Å². The molecule has 0 atom stereocenters. The van der Waals surface area contributed by atoms with Crippen molar-refractivity contribution < 1.29 is 5.11 Å². The molecule has 0 aliphatic carbocycles. The van der Waals surface area contributed by atoms with Crippen LogP contribution in [-0.2, 0) is 13.0 Å². The molecular formula is C10H11N3OS. The highest BCUT2D eigenvalue weighted by molar-refractivity contribution is 7.15. The molecule has 0 spiro atoms. The third-order valence-corrected chi connectivity index (χ3v) is 3.14. The third kappa shape index (κ3) is 2.03. The van der Waals surface area contributed by atoms with Crippen LogP contribution in [0.15, 0.2) is 18.6 Å². The molecule has 2 heterocycles. The largest absolute Gasteiger partial charge is 0.391 e. The van der Waals surface area contributed by atoms with Crippen LogP contribution in [0.2, 0.25) is 0 Å². The Morgan fingerprint density at radius 2 is 2.27 bits per heavy atom. The van der Waals surface area contributed by atoms with Crippen LogP contribution in [0.3, 0.4) is 0 Å². The molecule has 0 saturated heterocycles. The zero-order valence-electron chi connectivity index (χ0n) is 8.34. The SMILES string of the molecule is CCc1nc(-c2cnccn2)sc1CO. The Bertz CT molecular complexity index is 420. The minimum atomic E-state index is 0.0428. The fraction of sp³-hybridized carbons (Fsp3) is 0.300. The smallest absolute Gasteiger partial charge is 0.144 e. The lowest BCUT2D eigenvalue weighted by atomic mass is 10.3. The van der Waals surface area contributed by atoms with Crippen LogP contribution in [0.5, 0.6) is 0 Å². The summed E-state index contributed by atoms with van der Waals surface area (Å²) in [6.45, 7) is 2.07. The predicted molar refractivity (Wildman–Crippen MR) is 58.4 cm³/mol. The standard InChI is InChI=1S/C10H11N3OS/c1-2-7-9(6-14)15-10(13-7)8-5-11-3-4-12-8/h3-5,14H,2,6H2,1H3. The van der Waals surface area contributed by atoms with Crippen molar-refractivity contribution in [2.75, 3.05) is 0 Å². The Balaban J connectivity index is 2.42. The molecule has 2 aromatic heterocycles. The first-order chi connectivity index (χ1) is 7.35. The van der Waals surface area contributed by atoms with Crippen molar-refractivity contribution in [3.8, 4) is 10.7 Å². The van der Waals surface area contributed by atoms with Crippen molar-refractivity contribution in [2.45, 2.75) is 20.0 Å². The van der Waals surface area contributed by atoms with E-state index in [9.17, 15) is 0 Å². The van der Waals surface area contributed by atoms with E-state index in [-0.39, 0.29) is 6.61 Å². The molecule has 78 valence electrons. The second-order valence-electron chi connectivity index (χ2n) is 2.99. The average Bonchev–Trinajstić information content (AvgIpc) is 2.73. The summed E-state index contributed by atoms with van der Waals surface area (Å²) >= 11 is 1.47. The lowest BCUT2D eigenvalue weighted by Gasteiger charge is -1.91. The van der Waals surface area contributed by atoms with Gasteiger partial charge in [0.1, 0.15) is 10.7 Å². The van der Waals surface area contributed by atoms with E-state index in [0.29, 0.717) is 0 Å². The summed E-state index contributed by atoms with van der Waals surface area (Å²) in [5.74, 6) is 0. The monoisotopic (exact) mass is 221 g/mol. The first-order valence-corrected chi connectivity index (χ1v) is 5.52. The van der Waals surface area contributed by atoms with Gasteiger partial charge in [0, 0.05) is 12.4 Å². The maximum atomic E-state index is 9.14. The number of nitrogens with zero attached hydrogens (tertiary/aromatic N) is 3. The molecule has 0 unspecified atom stereocenters. The topological polar surface area (TPSA) is 58.9 Å². The number of aliphatic hydroxyl groups is 1. The van der Waals surface area contributed by atoms with E-state index < -0.39 is 0 Å².